The molecule has 1 heterocycles. The van der Waals surface area contributed by atoms with E-state index in [1.54, 1.807) is 4.68 Å². The number of carbonyl (C=O) groups excluding carboxylic acids is 3. The first-order valence-electron chi connectivity index (χ1n) is 9.26. The van der Waals surface area contributed by atoms with Crippen molar-refractivity contribution >= 4 is 17.7 Å². The van der Waals surface area contributed by atoms with E-state index >= 15 is 0 Å². The number of Topliss-reactive ketones (excluding diaryl/α,β-unsaturated/α-hetero) is 1. The molecule has 1 unspecified atom stereocenters. The average Bonchev–Trinajstić information content (AvgIpc) is 2.90. The molecule has 1 atom stereocenters. The van der Waals surface area contributed by atoms with Gasteiger partial charge in [0.2, 0.25) is 0 Å². The van der Waals surface area contributed by atoms with Crippen LogP contribution in [-0.2, 0) is 39.0 Å². The number of amides is 1. The number of aryl methyl sites for hydroxylation is 2. The Kier molecular flexibility index (Phi) is 7.49. The minimum Gasteiger partial charge on any atom is -0.456 e. The fourth-order valence-electron chi connectivity index (χ4n) is 3.01. The Morgan fingerprint density at radius 1 is 1.18 bits per heavy atom. The third-order valence-electron chi connectivity index (χ3n) is 4.71. The van der Waals surface area contributed by atoms with E-state index in [0.717, 1.165) is 22.5 Å². The van der Waals surface area contributed by atoms with Crippen molar-refractivity contribution in [1.29, 1.82) is 0 Å². The number of ether oxygens (including phenoxy) is 1. The number of nitrogens with one attached hydrogen (secondary N) is 1. The minimum absolute atomic E-state index is 0.147. The van der Waals surface area contributed by atoms with Crippen LogP contribution in [0.1, 0.15) is 35.9 Å². The van der Waals surface area contributed by atoms with E-state index in [2.05, 4.69) is 10.4 Å². The van der Waals surface area contributed by atoms with Crippen molar-refractivity contribution in [2.45, 2.75) is 46.1 Å². The van der Waals surface area contributed by atoms with Crippen LogP contribution in [0.2, 0.25) is 0 Å². The lowest BCUT2D eigenvalue weighted by atomic mass is 10.0. The number of hydrogen-bond donors (Lipinski definition) is 1. The molecule has 0 fully saturated rings. The lowest BCUT2D eigenvalue weighted by Gasteiger charge is -2.16. The van der Waals surface area contributed by atoms with E-state index in [1.807, 2.05) is 51.2 Å². The molecule has 0 aliphatic rings. The van der Waals surface area contributed by atoms with Gasteiger partial charge in [0.25, 0.3) is 5.91 Å². The monoisotopic (exact) mass is 385 g/mol. The quantitative estimate of drug-likeness (QED) is 0.665. The number of rotatable bonds is 9. The Balaban J connectivity index is 1.80. The van der Waals surface area contributed by atoms with Gasteiger partial charge in [-0.2, -0.15) is 5.10 Å². The van der Waals surface area contributed by atoms with Gasteiger partial charge < -0.3 is 10.1 Å². The topological polar surface area (TPSA) is 90.3 Å². The smallest absolute Gasteiger partial charge is 0.306 e. The molecule has 0 spiro atoms. The first kappa shape index (κ1) is 21.3. The summed E-state index contributed by atoms with van der Waals surface area (Å²) in [5, 5.41) is 6.95. The molecule has 2 rings (SSSR count). The second kappa shape index (κ2) is 9.82. The number of nitrogens with zero attached hydrogens (tertiary/aromatic N) is 2. The highest BCUT2D eigenvalue weighted by molar-refractivity contribution is 5.88. The van der Waals surface area contributed by atoms with Gasteiger partial charge in [0.15, 0.2) is 12.4 Å². The van der Waals surface area contributed by atoms with E-state index in [-0.39, 0.29) is 12.2 Å². The zero-order chi connectivity index (χ0) is 20.7. The number of carbonyl (C=O) groups is 3. The predicted molar refractivity (Wildman–Crippen MR) is 105 cm³/mol. The Morgan fingerprint density at radius 2 is 1.86 bits per heavy atom. The molecule has 7 heteroatoms. The van der Waals surface area contributed by atoms with Crippen molar-refractivity contribution in [2.75, 3.05) is 6.61 Å². The molecule has 28 heavy (non-hydrogen) atoms. The molecule has 1 amide bonds. The van der Waals surface area contributed by atoms with Crippen molar-refractivity contribution in [3.05, 3.63) is 52.8 Å². The van der Waals surface area contributed by atoms with Gasteiger partial charge in [-0.1, -0.05) is 30.3 Å². The maximum Gasteiger partial charge on any atom is 0.306 e. The molecule has 2 aromatic rings. The maximum absolute atomic E-state index is 12.1. The van der Waals surface area contributed by atoms with Crippen molar-refractivity contribution in [2.24, 2.45) is 7.05 Å². The summed E-state index contributed by atoms with van der Waals surface area (Å²) in [5.74, 6) is -1.09. The summed E-state index contributed by atoms with van der Waals surface area (Å²) >= 11 is 0. The van der Waals surface area contributed by atoms with Crippen LogP contribution in [-0.4, -0.2) is 40.1 Å². The van der Waals surface area contributed by atoms with Crippen LogP contribution in [0.15, 0.2) is 30.3 Å². The second-order valence-electron chi connectivity index (χ2n) is 6.85. The highest BCUT2D eigenvalue weighted by atomic mass is 16.5. The number of hydrogen-bond acceptors (Lipinski definition) is 5. The highest BCUT2D eigenvalue weighted by Gasteiger charge is 2.19. The Labute approximate surface area is 165 Å². The number of ketones is 1. The van der Waals surface area contributed by atoms with Gasteiger partial charge in [0, 0.05) is 19.2 Å². The van der Waals surface area contributed by atoms with Crippen molar-refractivity contribution in [3.63, 3.8) is 0 Å². The van der Waals surface area contributed by atoms with Crippen LogP contribution >= 0.6 is 0 Å². The van der Waals surface area contributed by atoms with Crippen LogP contribution in [0.5, 0.6) is 0 Å². The molecule has 0 saturated heterocycles. The lowest BCUT2D eigenvalue weighted by Crippen LogP contribution is -2.43. The largest absolute Gasteiger partial charge is 0.456 e. The summed E-state index contributed by atoms with van der Waals surface area (Å²) in [6.07, 6.45) is 1.08. The molecule has 1 N–H and O–H groups in total. The summed E-state index contributed by atoms with van der Waals surface area (Å²) in [7, 11) is 1.86. The Bertz CT molecular complexity index is 843. The van der Waals surface area contributed by atoms with Crippen LogP contribution in [0.4, 0.5) is 0 Å². The molecule has 150 valence electrons. The summed E-state index contributed by atoms with van der Waals surface area (Å²) in [6.45, 7) is 4.87. The SMILES string of the molecule is CC(=O)C(Cc1ccccc1)NC(=O)COC(=O)CCc1c(C)nn(C)c1C. The van der Waals surface area contributed by atoms with E-state index in [1.165, 1.54) is 6.92 Å². The van der Waals surface area contributed by atoms with E-state index in [0.29, 0.717) is 12.8 Å². The molecule has 0 radical (unpaired) electrons. The fraction of sp³-hybridized carbons (Fsp3) is 0.429. The van der Waals surface area contributed by atoms with Gasteiger partial charge in [0.1, 0.15) is 0 Å². The standard InChI is InChI=1S/C21H27N3O4/c1-14-18(15(2)24(4)23-14)10-11-21(27)28-13-20(26)22-19(16(3)25)12-17-8-6-5-7-9-17/h5-9,19H,10-13H2,1-4H3,(H,22,26). The normalized spacial score (nSPS) is 11.7. The molecule has 0 saturated carbocycles. The van der Waals surface area contributed by atoms with E-state index in [9.17, 15) is 14.4 Å². The average molecular weight is 385 g/mol. The van der Waals surface area contributed by atoms with E-state index < -0.39 is 24.5 Å². The second-order valence-corrected chi connectivity index (χ2v) is 6.85. The lowest BCUT2D eigenvalue weighted by molar-refractivity contribution is -0.148. The van der Waals surface area contributed by atoms with Gasteiger partial charge in [0.05, 0.1) is 11.7 Å². The molecular weight excluding hydrogens is 358 g/mol. The summed E-state index contributed by atoms with van der Waals surface area (Å²) in [6, 6.07) is 8.78. The first-order chi connectivity index (χ1) is 13.3. The predicted octanol–water partition coefficient (Wildman–Crippen LogP) is 1.83. The first-order valence-corrected chi connectivity index (χ1v) is 9.26. The van der Waals surface area contributed by atoms with Crippen LogP contribution in [0, 0.1) is 13.8 Å². The van der Waals surface area contributed by atoms with Crippen LogP contribution in [0.25, 0.3) is 0 Å². The number of benzene rings is 1. The fourth-order valence-corrected chi connectivity index (χ4v) is 3.01. The van der Waals surface area contributed by atoms with Crippen molar-refractivity contribution in [3.8, 4) is 0 Å². The van der Waals surface area contributed by atoms with E-state index in [4.69, 9.17) is 4.74 Å². The Morgan fingerprint density at radius 3 is 2.43 bits per heavy atom. The molecule has 0 aliphatic carbocycles. The van der Waals surface area contributed by atoms with Gasteiger partial charge in [-0.3, -0.25) is 19.1 Å². The summed E-state index contributed by atoms with van der Waals surface area (Å²) in [4.78, 5) is 35.9. The van der Waals surface area contributed by atoms with Crippen LogP contribution in [0.3, 0.4) is 0 Å². The van der Waals surface area contributed by atoms with Crippen LogP contribution < -0.4 is 5.32 Å². The molecule has 0 bridgehead atoms. The molecule has 7 nitrogen and oxygen atoms in total. The van der Waals surface area contributed by atoms with Gasteiger partial charge in [-0.15, -0.1) is 0 Å². The molecule has 1 aromatic carbocycles. The minimum atomic E-state index is -0.644. The zero-order valence-electron chi connectivity index (χ0n) is 16.8. The zero-order valence-corrected chi connectivity index (χ0v) is 16.8. The van der Waals surface area contributed by atoms with Gasteiger partial charge in [-0.05, 0) is 44.7 Å². The molecule has 0 aliphatic heterocycles. The highest BCUT2D eigenvalue weighted by Crippen LogP contribution is 2.14. The summed E-state index contributed by atoms with van der Waals surface area (Å²) < 4.78 is 6.83. The number of esters is 1. The van der Waals surface area contributed by atoms with Crippen molar-refractivity contribution in [1.82, 2.24) is 15.1 Å². The summed E-state index contributed by atoms with van der Waals surface area (Å²) in [5.41, 5.74) is 3.86. The third kappa shape index (κ3) is 6.04. The third-order valence-corrected chi connectivity index (χ3v) is 4.71. The van der Waals surface area contributed by atoms with Gasteiger partial charge >= 0.3 is 5.97 Å². The molecule has 1 aromatic heterocycles. The number of aromatic nitrogens is 2. The molecular formula is C21H27N3O4. The maximum atomic E-state index is 12.1. The Hall–Kier alpha value is -2.96. The van der Waals surface area contributed by atoms with Gasteiger partial charge in [-0.25, -0.2) is 0 Å². The van der Waals surface area contributed by atoms with Crippen molar-refractivity contribution < 1.29 is 19.1 Å².